The minimum absolute atomic E-state index is 0.146. The van der Waals surface area contributed by atoms with Crippen LogP contribution in [0.3, 0.4) is 0 Å². The van der Waals surface area contributed by atoms with Gasteiger partial charge in [0.05, 0.1) is 11.9 Å². The summed E-state index contributed by atoms with van der Waals surface area (Å²) in [6.07, 6.45) is 0.0772. The fraction of sp³-hybridized carbons (Fsp3) is 1.00. The van der Waals surface area contributed by atoms with Crippen LogP contribution in [0.1, 0.15) is 27.2 Å². The summed E-state index contributed by atoms with van der Waals surface area (Å²) in [4.78, 5) is 0. The first kappa shape index (κ1) is 11.9. The van der Waals surface area contributed by atoms with Crippen LogP contribution in [-0.4, -0.2) is 42.8 Å². The number of nitrogens with zero attached hydrogens (tertiary/aromatic N) is 1. The van der Waals surface area contributed by atoms with Gasteiger partial charge >= 0.3 is 0 Å². The number of β-amino-alcohol motifs (C(OH)–C–C–N with tert-alkyl or cyclic N) is 1. The first-order valence-electron chi connectivity index (χ1n) is 4.87. The largest absolute Gasteiger partial charge is 0.392 e. The van der Waals surface area contributed by atoms with E-state index in [4.69, 9.17) is 0 Å². The molecule has 0 aromatic rings. The topological polar surface area (TPSA) is 57.6 Å². The zero-order valence-corrected chi connectivity index (χ0v) is 9.84. The van der Waals surface area contributed by atoms with E-state index in [0.717, 1.165) is 0 Å². The van der Waals surface area contributed by atoms with Crippen molar-refractivity contribution in [3.63, 3.8) is 0 Å². The SMILES string of the molecule is CC(C)(C)CS(=O)(=O)N1CC[C@@H](O)C1. The van der Waals surface area contributed by atoms with Crippen molar-refractivity contribution in [1.82, 2.24) is 4.31 Å². The lowest BCUT2D eigenvalue weighted by Crippen LogP contribution is -2.35. The predicted octanol–water partition coefficient (Wildman–Crippen LogP) is 0.429. The lowest BCUT2D eigenvalue weighted by molar-refractivity contribution is 0.189. The predicted molar refractivity (Wildman–Crippen MR) is 55.4 cm³/mol. The normalized spacial score (nSPS) is 25.6. The standard InChI is InChI=1S/C9H19NO3S/c1-9(2,3)7-14(12,13)10-5-4-8(11)6-10/h8,11H,4-7H2,1-3H3/t8-/m1/s1. The molecule has 0 unspecified atom stereocenters. The number of hydrogen-bond donors (Lipinski definition) is 1. The first-order valence-corrected chi connectivity index (χ1v) is 6.47. The van der Waals surface area contributed by atoms with Gasteiger partial charge in [0.2, 0.25) is 10.0 Å². The Labute approximate surface area is 86.0 Å². The van der Waals surface area contributed by atoms with Crippen molar-refractivity contribution in [2.45, 2.75) is 33.3 Å². The molecule has 1 rings (SSSR count). The van der Waals surface area contributed by atoms with Crippen molar-refractivity contribution in [3.8, 4) is 0 Å². The van der Waals surface area contributed by atoms with E-state index in [1.807, 2.05) is 20.8 Å². The summed E-state index contributed by atoms with van der Waals surface area (Å²) in [5.74, 6) is 0.146. The molecule has 84 valence electrons. The molecule has 0 spiro atoms. The van der Waals surface area contributed by atoms with Crippen LogP contribution in [0.15, 0.2) is 0 Å². The summed E-state index contributed by atoms with van der Waals surface area (Å²) in [6.45, 7) is 6.42. The number of aliphatic hydroxyl groups excluding tert-OH is 1. The van der Waals surface area contributed by atoms with E-state index in [2.05, 4.69) is 0 Å². The first-order chi connectivity index (χ1) is 6.21. The summed E-state index contributed by atoms with van der Waals surface area (Å²) in [5, 5.41) is 9.26. The fourth-order valence-electron chi connectivity index (χ4n) is 1.60. The van der Waals surface area contributed by atoms with E-state index in [0.29, 0.717) is 13.0 Å². The average Bonchev–Trinajstić information content (AvgIpc) is 2.29. The van der Waals surface area contributed by atoms with Gasteiger partial charge in [-0.25, -0.2) is 8.42 Å². The third-order valence-corrected chi connectivity index (χ3v) is 4.48. The van der Waals surface area contributed by atoms with Crippen molar-refractivity contribution in [2.75, 3.05) is 18.8 Å². The zero-order chi connectivity index (χ0) is 11.0. The van der Waals surface area contributed by atoms with Gasteiger partial charge in [-0.1, -0.05) is 20.8 Å². The number of hydrogen-bond acceptors (Lipinski definition) is 3. The Hall–Kier alpha value is -0.130. The summed E-state index contributed by atoms with van der Waals surface area (Å²) in [5.41, 5.74) is -0.230. The van der Waals surface area contributed by atoms with Crippen LogP contribution in [0.25, 0.3) is 0 Å². The van der Waals surface area contributed by atoms with E-state index >= 15 is 0 Å². The van der Waals surface area contributed by atoms with E-state index < -0.39 is 16.1 Å². The Bertz CT molecular complexity index is 292. The average molecular weight is 221 g/mol. The highest BCUT2D eigenvalue weighted by Crippen LogP contribution is 2.21. The molecule has 0 aromatic carbocycles. The maximum Gasteiger partial charge on any atom is 0.214 e. The molecule has 0 bridgehead atoms. The minimum atomic E-state index is -3.18. The molecule has 0 amide bonds. The Kier molecular flexibility index (Phi) is 3.23. The van der Waals surface area contributed by atoms with Crippen LogP contribution in [0, 0.1) is 5.41 Å². The third kappa shape index (κ3) is 3.22. The van der Waals surface area contributed by atoms with E-state index in [1.54, 1.807) is 0 Å². The lowest BCUT2D eigenvalue weighted by Gasteiger charge is -2.23. The Morgan fingerprint density at radius 1 is 1.43 bits per heavy atom. The molecule has 5 heteroatoms. The summed E-state index contributed by atoms with van der Waals surface area (Å²) in [7, 11) is -3.18. The van der Waals surface area contributed by atoms with Gasteiger partial charge in [0, 0.05) is 13.1 Å². The Balaban J connectivity index is 2.67. The summed E-state index contributed by atoms with van der Waals surface area (Å²) >= 11 is 0. The summed E-state index contributed by atoms with van der Waals surface area (Å²) in [6, 6.07) is 0. The Morgan fingerprint density at radius 3 is 2.36 bits per heavy atom. The highest BCUT2D eigenvalue weighted by atomic mass is 32.2. The van der Waals surface area contributed by atoms with E-state index in [1.165, 1.54) is 4.31 Å². The van der Waals surface area contributed by atoms with Crippen molar-refractivity contribution < 1.29 is 13.5 Å². The zero-order valence-electron chi connectivity index (χ0n) is 9.02. The van der Waals surface area contributed by atoms with Gasteiger partial charge < -0.3 is 5.11 Å². The molecular weight excluding hydrogens is 202 g/mol. The van der Waals surface area contributed by atoms with Crippen LogP contribution < -0.4 is 0 Å². The highest BCUT2D eigenvalue weighted by Gasteiger charge is 2.33. The van der Waals surface area contributed by atoms with Crippen molar-refractivity contribution >= 4 is 10.0 Å². The molecule has 1 saturated heterocycles. The lowest BCUT2D eigenvalue weighted by atomic mass is 10.0. The highest BCUT2D eigenvalue weighted by molar-refractivity contribution is 7.89. The van der Waals surface area contributed by atoms with Gasteiger partial charge in [-0.2, -0.15) is 4.31 Å². The smallest absolute Gasteiger partial charge is 0.214 e. The van der Waals surface area contributed by atoms with Crippen molar-refractivity contribution in [1.29, 1.82) is 0 Å². The molecule has 1 aliphatic rings. The number of sulfonamides is 1. The molecular formula is C9H19NO3S. The second-order valence-electron chi connectivity index (χ2n) is 5.12. The molecule has 0 radical (unpaired) electrons. The molecule has 1 N–H and O–H groups in total. The van der Waals surface area contributed by atoms with E-state index in [9.17, 15) is 13.5 Å². The van der Waals surface area contributed by atoms with Gasteiger partial charge in [-0.3, -0.25) is 0 Å². The van der Waals surface area contributed by atoms with Crippen LogP contribution in [0.5, 0.6) is 0 Å². The van der Waals surface area contributed by atoms with Gasteiger partial charge in [-0.05, 0) is 11.8 Å². The number of rotatable bonds is 2. The van der Waals surface area contributed by atoms with Gasteiger partial charge in [0.15, 0.2) is 0 Å². The molecule has 0 aliphatic carbocycles. The van der Waals surface area contributed by atoms with Crippen LogP contribution in [0.4, 0.5) is 0 Å². The van der Waals surface area contributed by atoms with Gasteiger partial charge in [0.25, 0.3) is 0 Å². The second-order valence-corrected chi connectivity index (χ2v) is 7.09. The molecule has 1 heterocycles. The van der Waals surface area contributed by atoms with Crippen LogP contribution in [0.2, 0.25) is 0 Å². The molecule has 1 atom stereocenters. The van der Waals surface area contributed by atoms with Crippen molar-refractivity contribution in [2.24, 2.45) is 5.41 Å². The second kappa shape index (κ2) is 3.79. The molecule has 4 nitrogen and oxygen atoms in total. The fourth-order valence-corrected chi connectivity index (χ4v) is 3.66. The quantitative estimate of drug-likeness (QED) is 0.735. The molecule has 14 heavy (non-hydrogen) atoms. The number of aliphatic hydroxyl groups is 1. The maximum absolute atomic E-state index is 11.8. The van der Waals surface area contributed by atoms with Gasteiger partial charge in [-0.15, -0.1) is 0 Å². The van der Waals surface area contributed by atoms with E-state index in [-0.39, 0.29) is 17.7 Å². The summed E-state index contributed by atoms with van der Waals surface area (Å²) < 4.78 is 25.0. The molecule has 1 fully saturated rings. The van der Waals surface area contributed by atoms with Crippen LogP contribution >= 0.6 is 0 Å². The van der Waals surface area contributed by atoms with Crippen LogP contribution in [-0.2, 0) is 10.0 Å². The molecule has 0 aromatic heterocycles. The van der Waals surface area contributed by atoms with Gasteiger partial charge in [0.1, 0.15) is 0 Å². The van der Waals surface area contributed by atoms with Crippen molar-refractivity contribution in [3.05, 3.63) is 0 Å². The Morgan fingerprint density at radius 2 is 2.00 bits per heavy atom. The maximum atomic E-state index is 11.8. The molecule has 0 saturated carbocycles. The monoisotopic (exact) mass is 221 g/mol. The third-order valence-electron chi connectivity index (χ3n) is 2.13. The molecule has 1 aliphatic heterocycles. The minimum Gasteiger partial charge on any atom is -0.392 e.